The Morgan fingerprint density at radius 2 is 1.52 bits per heavy atom. The molecule has 3 amide bonds. The van der Waals surface area contributed by atoms with Crippen molar-refractivity contribution in [3.63, 3.8) is 0 Å². The number of hydrogen-bond acceptors (Lipinski definition) is 5. The van der Waals surface area contributed by atoms with E-state index in [9.17, 15) is 14.4 Å². The molecule has 0 heterocycles. The first-order valence-electron chi connectivity index (χ1n) is 12.8. The second kappa shape index (κ2) is 14.6. The first kappa shape index (κ1) is 30.7. The van der Waals surface area contributed by atoms with Gasteiger partial charge in [0.05, 0.1) is 28.1 Å². The number of nitrogens with one attached hydrogen (secondary N) is 3. The lowest BCUT2D eigenvalue weighted by Gasteiger charge is -2.14. The van der Waals surface area contributed by atoms with Crippen molar-refractivity contribution in [1.29, 1.82) is 0 Å². The van der Waals surface area contributed by atoms with Crippen molar-refractivity contribution in [2.45, 2.75) is 17.1 Å². The van der Waals surface area contributed by atoms with Gasteiger partial charge in [-0.1, -0.05) is 59.6 Å². The molecule has 0 radical (unpaired) electrons. The van der Waals surface area contributed by atoms with Crippen molar-refractivity contribution in [2.24, 2.45) is 0 Å². The molecule has 0 aromatic heterocycles. The number of benzene rings is 4. The first-order valence-corrected chi connectivity index (χ1v) is 14.4. The van der Waals surface area contributed by atoms with Crippen LogP contribution in [0.15, 0.2) is 108 Å². The van der Waals surface area contributed by atoms with Gasteiger partial charge in [-0.15, -0.1) is 11.8 Å². The summed E-state index contributed by atoms with van der Waals surface area (Å²) >= 11 is 13.6. The van der Waals surface area contributed by atoms with Gasteiger partial charge in [0, 0.05) is 16.1 Å². The van der Waals surface area contributed by atoms with Gasteiger partial charge < -0.3 is 20.7 Å². The standard InChI is InChI=1S/C32H27Cl2N3O4S/c1-20(30(38)36-27-10-6-9-26(33)29(27)34)42-25-17-13-23(14-18-25)35-32(40)28(19-21-11-15-24(41-2)16-12-21)37-31(39)22-7-4-3-5-8-22/h3-20H,1-2H3,(H,35,40)(H,36,38)(H,37,39)/b28-19-. The monoisotopic (exact) mass is 619 g/mol. The maximum Gasteiger partial charge on any atom is 0.272 e. The lowest BCUT2D eigenvalue weighted by Crippen LogP contribution is -2.30. The molecule has 0 aliphatic carbocycles. The molecule has 1 atom stereocenters. The minimum atomic E-state index is -0.498. The predicted molar refractivity (Wildman–Crippen MR) is 170 cm³/mol. The largest absolute Gasteiger partial charge is 0.497 e. The highest BCUT2D eigenvalue weighted by Crippen LogP contribution is 2.31. The fourth-order valence-corrected chi connectivity index (χ4v) is 4.93. The summed E-state index contributed by atoms with van der Waals surface area (Å²) in [6.45, 7) is 1.78. The van der Waals surface area contributed by atoms with Gasteiger partial charge in [0.2, 0.25) is 5.91 Å². The minimum absolute atomic E-state index is 0.0671. The van der Waals surface area contributed by atoms with Gasteiger partial charge in [0.15, 0.2) is 0 Å². The van der Waals surface area contributed by atoms with Crippen molar-refractivity contribution >= 4 is 70.1 Å². The van der Waals surface area contributed by atoms with E-state index < -0.39 is 17.1 Å². The summed E-state index contributed by atoms with van der Waals surface area (Å²) in [7, 11) is 1.57. The number of hydrogen-bond donors (Lipinski definition) is 3. The molecule has 1 unspecified atom stereocenters. The lowest BCUT2D eigenvalue weighted by atomic mass is 10.1. The summed E-state index contributed by atoms with van der Waals surface area (Å²) in [6.07, 6.45) is 1.59. The molecule has 0 saturated heterocycles. The summed E-state index contributed by atoms with van der Waals surface area (Å²) in [5.74, 6) is -0.473. The SMILES string of the molecule is COc1ccc(/C=C(\NC(=O)c2ccccc2)C(=O)Nc2ccc(SC(C)C(=O)Nc3cccc(Cl)c3Cl)cc2)cc1. The van der Waals surface area contributed by atoms with Crippen LogP contribution in [0.2, 0.25) is 10.0 Å². The summed E-state index contributed by atoms with van der Waals surface area (Å²) in [4.78, 5) is 39.7. The number of rotatable bonds is 10. The highest BCUT2D eigenvalue weighted by molar-refractivity contribution is 8.00. The van der Waals surface area contributed by atoms with Crippen molar-refractivity contribution in [1.82, 2.24) is 5.32 Å². The van der Waals surface area contributed by atoms with Gasteiger partial charge in [0.25, 0.3) is 11.8 Å². The van der Waals surface area contributed by atoms with E-state index in [4.69, 9.17) is 27.9 Å². The normalized spacial score (nSPS) is 11.8. The molecule has 0 spiro atoms. The topological polar surface area (TPSA) is 96.5 Å². The third kappa shape index (κ3) is 8.39. The molecule has 4 aromatic carbocycles. The molecule has 10 heteroatoms. The minimum Gasteiger partial charge on any atom is -0.497 e. The van der Waals surface area contributed by atoms with Gasteiger partial charge >= 0.3 is 0 Å². The van der Waals surface area contributed by atoms with Crippen LogP contribution in [-0.4, -0.2) is 30.1 Å². The van der Waals surface area contributed by atoms with Gasteiger partial charge in [-0.3, -0.25) is 14.4 Å². The molecular formula is C32H27Cl2N3O4S. The molecule has 0 saturated carbocycles. The zero-order chi connectivity index (χ0) is 30.1. The van der Waals surface area contributed by atoms with Crippen LogP contribution >= 0.6 is 35.0 Å². The third-order valence-electron chi connectivity index (χ3n) is 5.96. The van der Waals surface area contributed by atoms with E-state index in [0.29, 0.717) is 33.3 Å². The van der Waals surface area contributed by atoms with Crippen LogP contribution in [0, 0.1) is 0 Å². The number of methoxy groups -OCH3 is 1. The van der Waals surface area contributed by atoms with E-state index in [0.717, 1.165) is 4.90 Å². The molecule has 7 nitrogen and oxygen atoms in total. The fraction of sp³-hybridized carbons (Fsp3) is 0.0938. The van der Waals surface area contributed by atoms with Crippen LogP contribution in [0.4, 0.5) is 11.4 Å². The van der Waals surface area contributed by atoms with Crippen molar-refractivity contribution in [3.8, 4) is 5.75 Å². The molecule has 0 bridgehead atoms. The smallest absolute Gasteiger partial charge is 0.272 e. The Morgan fingerprint density at radius 1 is 0.833 bits per heavy atom. The zero-order valence-electron chi connectivity index (χ0n) is 22.7. The van der Waals surface area contributed by atoms with E-state index in [-0.39, 0.29) is 16.6 Å². The number of anilines is 2. The molecule has 214 valence electrons. The first-order chi connectivity index (χ1) is 20.2. The van der Waals surface area contributed by atoms with E-state index >= 15 is 0 Å². The molecule has 4 rings (SSSR count). The summed E-state index contributed by atoms with van der Waals surface area (Å²) in [5.41, 5.74) is 2.15. The fourth-order valence-electron chi connectivity index (χ4n) is 3.72. The number of amides is 3. The molecular weight excluding hydrogens is 593 g/mol. The predicted octanol–water partition coefficient (Wildman–Crippen LogP) is 7.53. The number of carbonyl (C=O) groups excluding carboxylic acids is 3. The van der Waals surface area contributed by atoms with E-state index in [1.165, 1.54) is 11.8 Å². The Hall–Kier alpha value is -4.24. The lowest BCUT2D eigenvalue weighted by molar-refractivity contribution is -0.115. The summed E-state index contributed by atoms with van der Waals surface area (Å²) < 4.78 is 5.20. The van der Waals surface area contributed by atoms with Crippen molar-refractivity contribution in [3.05, 3.63) is 124 Å². The maximum atomic E-state index is 13.3. The van der Waals surface area contributed by atoms with E-state index in [1.807, 2.05) is 6.07 Å². The van der Waals surface area contributed by atoms with Gasteiger partial charge in [0.1, 0.15) is 11.4 Å². The second-order valence-corrected chi connectivity index (χ2v) is 11.2. The molecule has 42 heavy (non-hydrogen) atoms. The number of halogens is 2. The Balaban J connectivity index is 1.44. The number of carbonyl (C=O) groups is 3. The molecule has 3 N–H and O–H groups in total. The average Bonchev–Trinajstić information content (AvgIpc) is 3.00. The quantitative estimate of drug-likeness (QED) is 0.126. The Kier molecular flexibility index (Phi) is 10.7. The van der Waals surface area contributed by atoms with E-state index in [2.05, 4.69) is 16.0 Å². The third-order valence-corrected chi connectivity index (χ3v) is 7.89. The number of ether oxygens (including phenoxy) is 1. The van der Waals surface area contributed by atoms with Crippen molar-refractivity contribution in [2.75, 3.05) is 17.7 Å². The second-order valence-electron chi connectivity index (χ2n) is 8.98. The van der Waals surface area contributed by atoms with E-state index in [1.54, 1.807) is 111 Å². The van der Waals surface area contributed by atoms with Crippen LogP contribution in [0.5, 0.6) is 5.75 Å². The van der Waals surface area contributed by atoms with Crippen LogP contribution in [0.3, 0.4) is 0 Å². The zero-order valence-corrected chi connectivity index (χ0v) is 25.0. The van der Waals surface area contributed by atoms with Gasteiger partial charge in [-0.05, 0) is 79.2 Å². The molecule has 0 fully saturated rings. The van der Waals surface area contributed by atoms with Crippen LogP contribution in [-0.2, 0) is 9.59 Å². The van der Waals surface area contributed by atoms with Crippen LogP contribution in [0.25, 0.3) is 6.08 Å². The van der Waals surface area contributed by atoms with Crippen LogP contribution in [0.1, 0.15) is 22.8 Å². The Labute approximate surface area is 258 Å². The summed E-state index contributed by atoms with van der Waals surface area (Å²) in [5, 5.41) is 8.54. The van der Waals surface area contributed by atoms with Gasteiger partial charge in [-0.2, -0.15) is 0 Å². The van der Waals surface area contributed by atoms with Crippen LogP contribution < -0.4 is 20.7 Å². The maximum absolute atomic E-state index is 13.3. The average molecular weight is 621 g/mol. The highest BCUT2D eigenvalue weighted by atomic mass is 35.5. The Morgan fingerprint density at radius 3 is 2.19 bits per heavy atom. The highest BCUT2D eigenvalue weighted by Gasteiger charge is 2.18. The Bertz CT molecular complexity index is 1590. The molecule has 0 aliphatic heterocycles. The number of thioether (sulfide) groups is 1. The van der Waals surface area contributed by atoms with Crippen molar-refractivity contribution < 1.29 is 19.1 Å². The van der Waals surface area contributed by atoms with Gasteiger partial charge in [-0.25, -0.2) is 0 Å². The summed E-state index contributed by atoms with van der Waals surface area (Å²) in [6, 6.07) is 27.8. The molecule has 4 aromatic rings. The molecule has 0 aliphatic rings.